The molecule has 6 heteroatoms. The van der Waals surface area contributed by atoms with Crippen LogP contribution in [0.1, 0.15) is 5.56 Å². The van der Waals surface area contributed by atoms with E-state index in [4.69, 9.17) is 28.9 Å². The zero-order valence-electron chi connectivity index (χ0n) is 7.91. The molecule has 1 aromatic carbocycles. The Balaban J connectivity index is 2.90. The summed E-state index contributed by atoms with van der Waals surface area (Å²) in [6.45, 7) is 0.119. The molecular formula is C9H11Cl2NO2S. The van der Waals surface area contributed by atoms with Gasteiger partial charge in [-0.05, 0) is 17.7 Å². The first-order chi connectivity index (χ1) is 6.94. The molecule has 0 aliphatic carbocycles. The molecule has 0 spiro atoms. The predicted molar refractivity (Wildman–Crippen MR) is 63.0 cm³/mol. The SMILES string of the molecule is NCCS(=O)(=O)Cc1ccc(Cl)cc1Cl. The maximum absolute atomic E-state index is 11.5. The molecule has 84 valence electrons. The van der Waals surface area contributed by atoms with Crippen LogP contribution in [0.3, 0.4) is 0 Å². The quantitative estimate of drug-likeness (QED) is 0.906. The minimum absolute atomic E-state index is 0.0358. The van der Waals surface area contributed by atoms with E-state index in [0.29, 0.717) is 15.6 Å². The third-order valence-corrected chi connectivity index (χ3v) is 4.01. The number of sulfone groups is 1. The molecule has 15 heavy (non-hydrogen) atoms. The van der Waals surface area contributed by atoms with Crippen LogP contribution >= 0.6 is 23.2 Å². The van der Waals surface area contributed by atoms with Crippen molar-refractivity contribution in [2.45, 2.75) is 5.75 Å². The lowest BCUT2D eigenvalue weighted by atomic mass is 10.2. The molecule has 1 aromatic rings. The van der Waals surface area contributed by atoms with Crippen molar-refractivity contribution in [1.29, 1.82) is 0 Å². The Bertz CT molecular complexity index is 445. The van der Waals surface area contributed by atoms with Crippen molar-refractivity contribution in [2.75, 3.05) is 12.3 Å². The molecule has 0 aliphatic heterocycles. The summed E-state index contributed by atoms with van der Waals surface area (Å²) in [5, 5.41) is 0.850. The summed E-state index contributed by atoms with van der Waals surface area (Å²) in [7, 11) is -3.17. The molecule has 0 saturated carbocycles. The number of hydrogen-bond donors (Lipinski definition) is 1. The van der Waals surface area contributed by atoms with E-state index >= 15 is 0 Å². The van der Waals surface area contributed by atoms with Gasteiger partial charge >= 0.3 is 0 Å². The van der Waals surface area contributed by atoms with E-state index < -0.39 is 9.84 Å². The third kappa shape index (κ3) is 3.99. The summed E-state index contributed by atoms with van der Waals surface area (Å²) in [6, 6.07) is 4.75. The molecule has 0 heterocycles. The Morgan fingerprint density at radius 1 is 1.27 bits per heavy atom. The first-order valence-electron chi connectivity index (χ1n) is 4.29. The van der Waals surface area contributed by atoms with Crippen LogP contribution < -0.4 is 5.73 Å². The van der Waals surface area contributed by atoms with Gasteiger partial charge in [-0.25, -0.2) is 8.42 Å². The first kappa shape index (κ1) is 12.8. The molecule has 0 fully saturated rings. The average Bonchev–Trinajstić information content (AvgIpc) is 2.09. The molecule has 2 N–H and O–H groups in total. The second-order valence-electron chi connectivity index (χ2n) is 3.12. The van der Waals surface area contributed by atoms with Gasteiger partial charge in [0, 0.05) is 16.6 Å². The van der Waals surface area contributed by atoms with E-state index in [2.05, 4.69) is 0 Å². The topological polar surface area (TPSA) is 60.2 Å². The standard InChI is InChI=1S/C9H11Cl2NO2S/c10-8-2-1-7(9(11)5-8)6-15(13,14)4-3-12/h1-2,5H,3-4,6,12H2. The Morgan fingerprint density at radius 3 is 2.47 bits per heavy atom. The van der Waals surface area contributed by atoms with Crippen LogP contribution in [-0.4, -0.2) is 20.7 Å². The van der Waals surface area contributed by atoms with Crippen LogP contribution in [0.25, 0.3) is 0 Å². The molecular weight excluding hydrogens is 257 g/mol. The normalized spacial score (nSPS) is 11.7. The van der Waals surface area contributed by atoms with E-state index in [0.717, 1.165) is 0 Å². The van der Waals surface area contributed by atoms with Gasteiger partial charge in [0.05, 0.1) is 11.5 Å². The number of halogens is 2. The molecule has 0 amide bonds. The fourth-order valence-electron chi connectivity index (χ4n) is 1.13. The van der Waals surface area contributed by atoms with Gasteiger partial charge < -0.3 is 5.73 Å². The highest BCUT2D eigenvalue weighted by atomic mass is 35.5. The Hall–Kier alpha value is -0.290. The van der Waals surface area contributed by atoms with E-state index in [1.165, 1.54) is 6.07 Å². The van der Waals surface area contributed by atoms with Crippen molar-refractivity contribution in [3.63, 3.8) is 0 Å². The lowest BCUT2D eigenvalue weighted by Gasteiger charge is -2.05. The molecule has 1 rings (SSSR count). The molecule has 0 atom stereocenters. The highest BCUT2D eigenvalue weighted by Gasteiger charge is 2.13. The maximum atomic E-state index is 11.5. The molecule has 0 unspecified atom stereocenters. The number of benzene rings is 1. The van der Waals surface area contributed by atoms with E-state index in [1.807, 2.05) is 0 Å². The van der Waals surface area contributed by atoms with Gasteiger partial charge in [-0.1, -0.05) is 29.3 Å². The molecule has 0 radical (unpaired) electrons. The number of hydrogen-bond acceptors (Lipinski definition) is 3. The summed E-state index contributed by atoms with van der Waals surface area (Å²) >= 11 is 11.6. The van der Waals surface area contributed by atoms with Gasteiger partial charge in [0.1, 0.15) is 0 Å². The summed E-state index contributed by atoms with van der Waals surface area (Å²) in [5.74, 6) is -0.133. The second kappa shape index (κ2) is 5.16. The predicted octanol–water partition coefficient (Wildman–Crippen LogP) is 1.87. The highest BCUT2D eigenvalue weighted by Crippen LogP contribution is 2.22. The van der Waals surface area contributed by atoms with Gasteiger partial charge in [0.15, 0.2) is 9.84 Å². The van der Waals surface area contributed by atoms with Crippen molar-refractivity contribution in [3.05, 3.63) is 33.8 Å². The molecule has 0 aromatic heterocycles. The van der Waals surface area contributed by atoms with Gasteiger partial charge in [-0.15, -0.1) is 0 Å². The van der Waals surface area contributed by atoms with Gasteiger partial charge in [-0.2, -0.15) is 0 Å². The van der Waals surface area contributed by atoms with E-state index in [9.17, 15) is 8.42 Å². The summed E-state index contributed by atoms with van der Waals surface area (Å²) < 4.78 is 22.9. The summed E-state index contributed by atoms with van der Waals surface area (Å²) in [4.78, 5) is 0. The van der Waals surface area contributed by atoms with Crippen LogP contribution in [0.2, 0.25) is 10.0 Å². The lowest BCUT2D eigenvalue weighted by molar-refractivity contribution is 0.595. The van der Waals surface area contributed by atoms with Crippen molar-refractivity contribution >= 4 is 33.0 Å². The zero-order chi connectivity index (χ0) is 11.5. The van der Waals surface area contributed by atoms with Crippen molar-refractivity contribution in [2.24, 2.45) is 5.73 Å². The molecule has 0 aliphatic rings. The summed E-state index contributed by atoms with van der Waals surface area (Å²) in [5.41, 5.74) is 5.75. The van der Waals surface area contributed by atoms with Crippen molar-refractivity contribution < 1.29 is 8.42 Å². The largest absolute Gasteiger partial charge is 0.329 e. The van der Waals surface area contributed by atoms with Crippen LogP contribution in [0.15, 0.2) is 18.2 Å². The number of nitrogens with two attached hydrogens (primary N) is 1. The fourth-order valence-corrected chi connectivity index (χ4v) is 2.91. The Morgan fingerprint density at radius 2 is 1.93 bits per heavy atom. The minimum atomic E-state index is -3.17. The van der Waals surface area contributed by atoms with E-state index in [-0.39, 0.29) is 18.1 Å². The smallest absolute Gasteiger partial charge is 0.155 e. The maximum Gasteiger partial charge on any atom is 0.155 e. The fraction of sp³-hybridized carbons (Fsp3) is 0.333. The lowest BCUT2D eigenvalue weighted by Crippen LogP contribution is -2.17. The molecule has 0 bridgehead atoms. The van der Waals surface area contributed by atoms with Gasteiger partial charge in [-0.3, -0.25) is 0 Å². The Labute approximate surface area is 99.1 Å². The van der Waals surface area contributed by atoms with Crippen molar-refractivity contribution in [1.82, 2.24) is 0 Å². The van der Waals surface area contributed by atoms with Crippen LogP contribution in [-0.2, 0) is 15.6 Å². The van der Waals surface area contributed by atoms with Crippen LogP contribution in [0.4, 0.5) is 0 Å². The van der Waals surface area contributed by atoms with Gasteiger partial charge in [0.25, 0.3) is 0 Å². The van der Waals surface area contributed by atoms with Crippen LogP contribution in [0.5, 0.6) is 0 Å². The van der Waals surface area contributed by atoms with Crippen LogP contribution in [0, 0.1) is 0 Å². The van der Waals surface area contributed by atoms with E-state index in [1.54, 1.807) is 12.1 Å². The third-order valence-electron chi connectivity index (χ3n) is 1.82. The second-order valence-corrected chi connectivity index (χ2v) is 6.14. The van der Waals surface area contributed by atoms with Gasteiger partial charge in [0.2, 0.25) is 0 Å². The number of rotatable bonds is 4. The monoisotopic (exact) mass is 267 g/mol. The summed E-state index contributed by atoms with van der Waals surface area (Å²) in [6.07, 6.45) is 0. The molecule has 3 nitrogen and oxygen atoms in total. The Kier molecular flexibility index (Phi) is 4.40. The average molecular weight is 268 g/mol. The minimum Gasteiger partial charge on any atom is -0.329 e. The molecule has 0 saturated heterocycles. The first-order valence-corrected chi connectivity index (χ1v) is 6.87. The van der Waals surface area contributed by atoms with Crippen molar-refractivity contribution in [3.8, 4) is 0 Å². The highest BCUT2D eigenvalue weighted by molar-refractivity contribution is 7.90. The zero-order valence-corrected chi connectivity index (χ0v) is 10.2.